The van der Waals surface area contributed by atoms with Gasteiger partial charge in [0.2, 0.25) is 5.72 Å². The van der Waals surface area contributed by atoms with Gasteiger partial charge in [0, 0.05) is 0 Å². The van der Waals surface area contributed by atoms with Crippen LogP contribution in [0.1, 0.15) is 0 Å². The van der Waals surface area contributed by atoms with Gasteiger partial charge in [0.05, 0.1) is 24.3 Å². The topological polar surface area (TPSA) is 119 Å². The smallest absolute Gasteiger partial charge is 0.287 e. The lowest BCUT2D eigenvalue weighted by Gasteiger charge is -2.33. The lowest BCUT2D eigenvalue weighted by molar-refractivity contribution is -0.186. The Morgan fingerprint density at radius 1 is 1.45 bits per heavy atom. The summed E-state index contributed by atoms with van der Waals surface area (Å²) < 4.78 is 33.9. The Hall–Kier alpha value is -1.56. The molecule has 4 atom stereocenters. The zero-order valence-electron chi connectivity index (χ0n) is 11.0. The Bertz CT molecular complexity index is 701. The van der Waals surface area contributed by atoms with Crippen LogP contribution in [0, 0.1) is 0 Å². The van der Waals surface area contributed by atoms with Crippen molar-refractivity contribution in [2.24, 2.45) is 0 Å². The molecule has 0 aromatic carbocycles. The minimum Gasteiger partial charge on any atom is -0.394 e. The van der Waals surface area contributed by atoms with Gasteiger partial charge in [0.1, 0.15) is 17.9 Å². The SMILES string of the molecule is Nc1ncnc2c1ncn2[C@]1(C(F)F)O[C@H](CO)[C@@H](O)[C@H]1S. The number of anilines is 1. The van der Waals surface area contributed by atoms with Gasteiger partial charge in [-0.2, -0.15) is 12.6 Å². The van der Waals surface area contributed by atoms with E-state index in [1.54, 1.807) is 0 Å². The van der Waals surface area contributed by atoms with Gasteiger partial charge in [0.15, 0.2) is 11.5 Å². The number of imidazole rings is 1. The number of aromatic nitrogens is 4. The van der Waals surface area contributed by atoms with Crippen LogP contribution in [0.25, 0.3) is 11.2 Å². The molecular weight excluding hydrogens is 320 g/mol. The Balaban J connectivity index is 2.22. The average molecular weight is 333 g/mol. The molecule has 1 fully saturated rings. The van der Waals surface area contributed by atoms with Crippen molar-refractivity contribution in [3.63, 3.8) is 0 Å². The molecule has 0 spiro atoms. The number of nitrogen functional groups attached to an aromatic ring is 1. The van der Waals surface area contributed by atoms with Crippen molar-refractivity contribution < 1.29 is 23.7 Å². The summed E-state index contributed by atoms with van der Waals surface area (Å²) in [4.78, 5) is 11.6. The van der Waals surface area contributed by atoms with Gasteiger partial charge in [-0.3, -0.25) is 4.57 Å². The molecule has 22 heavy (non-hydrogen) atoms. The highest BCUT2D eigenvalue weighted by Crippen LogP contribution is 2.44. The lowest BCUT2D eigenvalue weighted by atomic mass is 10.1. The molecule has 4 N–H and O–H groups in total. The normalized spacial score (nSPS) is 32.2. The van der Waals surface area contributed by atoms with Gasteiger partial charge in [-0.15, -0.1) is 0 Å². The standard InChI is InChI=1S/C11H13F2N5O3S/c12-10(13)11(7(22)6(20)4(1-19)21-11)18-3-17-5-8(14)15-2-16-9(5)18/h2-4,6-7,10,19-20,22H,1H2,(H2,14,15,16)/t4-,6-,7-,11+/m1/s1. The molecule has 120 valence electrons. The van der Waals surface area contributed by atoms with Crippen molar-refractivity contribution in [3.8, 4) is 0 Å². The summed E-state index contributed by atoms with van der Waals surface area (Å²) in [7, 11) is 0. The summed E-state index contributed by atoms with van der Waals surface area (Å²) in [6.45, 7) is -0.629. The second-order valence-corrected chi connectivity index (χ2v) is 5.43. The molecule has 0 radical (unpaired) electrons. The van der Waals surface area contributed by atoms with Crippen molar-refractivity contribution in [3.05, 3.63) is 12.7 Å². The molecule has 1 aliphatic rings. The largest absolute Gasteiger partial charge is 0.394 e. The van der Waals surface area contributed by atoms with Crippen LogP contribution in [-0.4, -0.2) is 60.2 Å². The molecule has 8 nitrogen and oxygen atoms in total. The van der Waals surface area contributed by atoms with Crippen LogP contribution < -0.4 is 5.73 Å². The number of fused-ring (bicyclic) bond motifs is 1. The summed E-state index contributed by atoms with van der Waals surface area (Å²) in [6, 6.07) is 0. The van der Waals surface area contributed by atoms with E-state index in [1.165, 1.54) is 0 Å². The van der Waals surface area contributed by atoms with E-state index in [0.29, 0.717) is 0 Å². The van der Waals surface area contributed by atoms with Gasteiger partial charge in [-0.1, -0.05) is 0 Å². The van der Waals surface area contributed by atoms with Crippen molar-refractivity contribution >= 4 is 29.6 Å². The monoisotopic (exact) mass is 333 g/mol. The fourth-order valence-corrected chi connectivity index (χ4v) is 3.06. The van der Waals surface area contributed by atoms with E-state index in [4.69, 9.17) is 10.5 Å². The summed E-state index contributed by atoms with van der Waals surface area (Å²) in [5, 5.41) is 17.9. The van der Waals surface area contributed by atoms with Gasteiger partial charge < -0.3 is 20.7 Å². The average Bonchev–Trinajstić information content (AvgIpc) is 3.02. The molecule has 11 heteroatoms. The molecular formula is C11H13F2N5O3S. The summed E-state index contributed by atoms with van der Waals surface area (Å²) >= 11 is 4.07. The van der Waals surface area contributed by atoms with Crippen LogP contribution in [0.5, 0.6) is 0 Å². The predicted octanol–water partition coefficient (Wildman–Crippen LogP) is -0.623. The minimum atomic E-state index is -3.06. The summed E-state index contributed by atoms with van der Waals surface area (Å²) in [6.07, 6.45) is -3.46. The number of aliphatic hydroxyl groups is 2. The van der Waals surface area contributed by atoms with Crippen molar-refractivity contribution in [2.45, 2.75) is 29.6 Å². The highest BCUT2D eigenvalue weighted by Gasteiger charge is 2.60. The predicted molar refractivity (Wildman–Crippen MR) is 74.5 cm³/mol. The minimum absolute atomic E-state index is 0.0256. The Morgan fingerprint density at radius 2 is 2.18 bits per heavy atom. The highest BCUT2D eigenvalue weighted by atomic mass is 32.1. The first-order valence-electron chi connectivity index (χ1n) is 6.30. The van der Waals surface area contributed by atoms with Crippen molar-refractivity contribution in [1.29, 1.82) is 0 Å². The van der Waals surface area contributed by atoms with E-state index in [1.807, 2.05) is 0 Å². The van der Waals surface area contributed by atoms with E-state index < -0.39 is 36.2 Å². The third-order valence-electron chi connectivity index (χ3n) is 3.70. The maximum absolute atomic E-state index is 13.8. The first kappa shape index (κ1) is 15.3. The van der Waals surface area contributed by atoms with Gasteiger partial charge in [0.25, 0.3) is 6.43 Å². The fraction of sp³-hybridized carbons (Fsp3) is 0.545. The number of ether oxygens (including phenoxy) is 1. The van der Waals surface area contributed by atoms with Crippen LogP contribution in [0.15, 0.2) is 12.7 Å². The number of halogens is 2. The molecule has 3 heterocycles. The first-order valence-corrected chi connectivity index (χ1v) is 6.82. The number of aliphatic hydroxyl groups excluding tert-OH is 2. The first-order chi connectivity index (χ1) is 10.4. The van der Waals surface area contributed by atoms with Crippen molar-refractivity contribution in [1.82, 2.24) is 19.5 Å². The molecule has 0 bridgehead atoms. The van der Waals surface area contributed by atoms with Crippen molar-refractivity contribution in [2.75, 3.05) is 12.3 Å². The maximum Gasteiger partial charge on any atom is 0.287 e. The van der Waals surface area contributed by atoms with E-state index in [2.05, 4.69) is 27.6 Å². The van der Waals surface area contributed by atoms with Crippen LogP contribution in [0.4, 0.5) is 14.6 Å². The molecule has 1 aliphatic heterocycles. The molecule has 3 rings (SSSR count). The van der Waals surface area contributed by atoms with Gasteiger partial charge in [-0.25, -0.2) is 23.7 Å². The Labute approximate surface area is 128 Å². The number of nitrogens with zero attached hydrogens (tertiary/aromatic N) is 4. The number of rotatable bonds is 3. The van der Waals surface area contributed by atoms with E-state index >= 15 is 0 Å². The van der Waals surface area contributed by atoms with Gasteiger partial charge >= 0.3 is 0 Å². The maximum atomic E-state index is 13.8. The number of hydrogen-bond acceptors (Lipinski definition) is 8. The number of nitrogens with two attached hydrogens (primary N) is 1. The highest BCUT2D eigenvalue weighted by molar-refractivity contribution is 7.81. The van der Waals surface area contributed by atoms with E-state index in [0.717, 1.165) is 17.2 Å². The quantitative estimate of drug-likeness (QED) is 0.553. The molecule has 0 saturated carbocycles. The zero-order chi connectivity index (χ0) is 16.1. The molecule has 2 aromatic rings. The molecule has 0 unspecified atom stereocenters. The number of hydrogen-bond donors (Lipinski definition) is 4. The zero-order valence-corrected chi connectivity index (χ0v) is 11.9. The third kappa shape index (κ3) is 1.89. The molecule has 1 saturated heterocycles. The fourth-order valence-electron chi connectivity index (χ4n) is 2.57. The second-order valence-electron chi connectivity index (χ2n) is 4.87. The number of thiol groups is 1. The molecule has 2 aromatic heterocycles. The van der Waals surface area contributed by atoms with Crippen LogP contribution in [0.2, 0.25) is 0 Å². The Morgan fingerprint density at radius 3 is 2.77 bits per heavy atom. The number of alkyl halides is 2. The molecule has 0 amide bonds. The van der Waals surface area contributed by atoms with Crippen LogP contribution >= 0.6 is 12.6 Å². The Kier molecular flexibility index (Phi) is 3.67. The molecule has 0 aliphatic carbocycles. The van der Waals surface area contributed by atoms with E-state index in [-0.39, 0.29) is 17.0 Å². The second kappa shape index (κ2) is 5.26. The summed E-state index contributed by atoms with van der Waals surface area (Å²) in [5.41, 5.74) is 3.47. The lowest BCUT2D eigenvalue weighted by Crippen LogP contribution is -2.48. The van der Waals surface area contributed by atoms with Gasteiger partial charge in [-0.05, 0) is 0 Å². The third-order valence-corrected chi connectivity index (χ3v) is 4.37. The summed E-state index contributed by atoms with van der Waals surface area (Å²) in [5.74, 6) is 0.0288. The van der Waals surface area contributed by atoms with Crippen LogP contribution in [0.3, 0.4) is 0 Å². The van der Waals surface area contributed by atoms with E-state index in [9.17, 15) is 19.0 Å². The van der Waals surface area contributed by atoms with Crippen LogP contribution in [-0.2, 0) is 10.5 Å².